The molecule has 30 heavy (non-hydrogen) atoms. The molecule has 0 spiro atoms. The number of nitrogens with zero attached hydrogens (tertiary/aromatic N) is 2. The van der Waals surface area contributed by atoms with Crippen molar-refractivity contribution in [1.82, 2.24) is 4.31 Å². The fraction of sp³-hybridized carbons (Fsp3) is 0.409. The lowest BCUT2D eigenvalue weighted by Gasteiger charge is -2.30. The molecule has 7 nitrogen and oxygen atoms in total. The number of sulfonamides is 1. The minimum Gasteiger partial charge on any atom is -0.423 e. The number of hydrogen-bond donors (Lipinski definition) is 0. The number of benzene rings is 2. The fourth-order valence-electron chi connectivity index (χ4n) is 3.40. The second-order valence-corrected chi connectivity index (χ2v) is 9.01. The van der Waals surface area contributed by atoms with Crippen molar-refractivity contribution in [3.05, 3.63) is 53.6 Å². The van der Waals surface area contributed by atoms with Crippen LogP contribution in [0.3, 0.4) is 0 Å². The summed E-state index contributed by atoms with van der Waals surface area (Å²) in [7, 11) is -3.70. The van der Waals surface area contributed by atoms with Crippen LogP contribution in [0.4, 0.5) is 5.69 Å². The zero-order chi connectivity index (χ0) is 21.7. The predicted molar refractivity (Wildman–Crippen MR) is 116 cm³/mol. The van der Waals surface area contributed by atoms with Crippen molar-refractivity contribution in [2.45, 2.75) is 25.7 Å². The van der Waals surface area contributed by atoms with Gasteiger partial charge in [0.2, 0.25) is 10.0 Å². The maximum absolute atomic E-state index is 13.1. The van der Waals surface area contributed by atoms with Crippen molar-refractivity contribution in [1.29, 1.82) is 0 Å². The van der Waals surface area contributed by atoms with Crippen molar-refractivity contribution in [2.75, 3.05) is 44.3 Å². The summed E-state index contributed by atoms with van der Waals surface area (Å²) in [6.45, 7) is 8.56. The summed E-state index contributed by atoms with van der Waals surface area (Å²) in [6, 6.07) is 11.8. The van der Waals surface area contributed by atoms with Gasteiger partial charge in [0.05, 0.1) is 29.4 Å². The van der Waals surface area contributed by atoms with E-state index in [4.69, 9.17) is 9.47 Å². The summed E-state index contributed by atoms with van der Waals surface area (Å²) in [6.07, 6.45) is 0. The number of rotatable bonds is 7. The molecule has 0 aromatic heterocycles. The number of anilines is 1. The topological polar surface area (TPSA) is 76.2 Å². The summed E-state index contributed by atoms with van der Waals surface area (Å²) in [5.41, 5.74) is 1.93. The first-order valence-corrected chi connectivity index (χ1v) is 11.6. The Bertz CT molecular complexity index is 979. The SMILES string of the molecule is CCN(CC)S(=O)(=O)c1ccc(N2CCOCC2)c(C(=O)Oc2ccc(C)cc2)c1. The molecule has 2 aromatic rings. The molecule has 1 saturated heterocycles. The molecule has 3 rings (SSSR count). The maximum Gasteiger partial charge on any atom is 0.345 e. The van der Waals surface area contributed by atoms with Gasteiger partial charge in [-0.25, -0.2) is 13.2 Å². The quantitative estimate of drug-likeness (QED) is 0.494. The van der Waals surface area contributed by atoms with Gasteiger partial charge in [-0.05, 0) is 37.3 Å². The van der Waals surface area contributed by atoms with Gasteiger partial charge in [-0.3, -0.25) is 0 Å². The highest BCUT2D eigenvalue weighted by Gasteiger charge is 2.27. The molecule has 8 heteroatoms. The second-order valence-electron chi connectivity index (χ2n) is 7.07. The summed E-state index contributed by atoms with van der Waals surface area (Å²) in [4.78, 5) is 15.2. The van der Waals surface area contributed by atoms with Gasteiger partial charge in [0.15, 0.2) is 0 Å². The Kier molecular flexibility index (Phi) is 7.12. The zero-order valence-electron chi connectivity index (χ0n) is 17.6. The normalized spacial score (nSPS) is 14.7. The third-order valence-electron chi connectivity index (χ3n) is 5.11. The van der Waals surface area contributed by atoms with E-state index in [0.717, 1.165) is 5.56 Å². The average Bonchev–Trinajstić information content (AvgIpc) is 2.76. The molecule has 0 aliphatic carbocycles. The fourth-order valence-corrected chi connectivity index (χ4v) is 4.88. The first-order valence-electron chi connectivity index (χ1n) is 10.1. The molecule has 0 atom stereocenters. The molecule has 2 aromatic carbocycles. The zero-order valence-corrected chi connectivity index (χ0v) is 18.4. The maximum atomic E-state index is 13.1. The average molecular weight is 433 g/mol. The Balaban J connectivity index is 2.01. The van der Waals surface area contributed by atoms with Crippen molar-refractivity contribution in [2.24, 2.45) is 0 Å². The first-order chi connectivity index (χ1) is 14.4. The summed E-state index contributed by atoms with van der Waals surface area (Å²) < 4.78 is 38.3. The molecule has 1 fully saturated rings. The largest absolute Gasteiger partial charge is 0.423 e. The summed E-state index contributed by atoms with van der Waals surface area (Å²) in [5, 5.41) is 0. The third-order valence-corrected chi connectivity index (χ3v) is 7.16. The molecule has 0 radical (unpaired) electrons. The highest BCUT2D eigenvalue weighted by molar-refractivity contribution is 7.89. The molecular weight excluding hydrogens is 404 g/mol. The lowest BCUT2D eigenvalue weighted by molar-refractivity contribution is 0.0734. The molecule has 1 heterocycles. The Morgan fingerprint density at radius 1 is 1.07 bits per heavy atom. The molecule has 1 aliphatic heterocycles. The predicted octanol–water partition coefficient (Wildman–Crippen LogP) is 3.08. The van der Waals surface area contributed by atoms with Gasteiger partial charge in [0.1, 0.15) is 5.75 Å². The van der Waals surface area contributed by atoms with Gasteiger partial charge in [-0.15, -0.1) is 0 Å². The van der Waals surface area contributed by atoms with Crippen LogP contribution < -0.4 is 9.64 Å². The second kappa shape index (κ2) is 9.59. The number of ether oxygens (including phenoxy) is 2. The minimum atomic E-state index is -3.70. The van der Waals surface area contributed by atoms with Crippen LogP contribution in [-0.2, 0) is 14.8 Å². The number of carbonyl (C=O) groups is 1. The highest BCUT2D eigenvalue weighted by atomic mass is 32.2. The molecular formula is C22H28N2O5S. The Morgan fingerprint density at radius 2 is 1.70 bits per heavy atom. The Hall–Kier alpha value is -2.42. The lowest BCUT2D eigenvalue weighted by atomic mass is 10.1. The van der Waals surface area contributed by atoms with Gasteiger partial charge in [0, 0.05) is 26.2 Å². The standard InChI is InChI=1S/C22H28N2O5S/c1-4-24(5-2)30(26,27)19-10-11-21(23-12-14-28-15-13-23)20(16-19)22(25)29-18-8-6-17(3)7-9-18/h6-11,16H,4-5,12-15H2,1-3H3. The van der Waals surface area contributed by atoms with Gasteiger partial charge in [-0.2, -0.15) is 4.31 Å². The van der Waals surface area contributed by atoms with E-state index >= 15 is 0 Å². The van der Waals surface area contributed by atoms with E-state index in [1.165, 1.54) is 10.4 Å². The number of esters is 1. The van der Waals surface area contributed by atoms with E-state index in [1.807, 2.05) is 24.0 Å². The van der Waals surface area contributed by atoms with Crippen molar-refractivity contribution >= 4 is 21.7 Å². The Morgan fingerprint density at radius 3 is 2.30 bits per heavy atom. The van der Waals surface area contributed by atoms with E-state index in [0.29, 0.717) is 50.8 Å². The van der Waals surface area contributed by atoms with Crippen LogP contribution in [-0.4, -0.2) is 58.1 Å². The van der Waals surface area contributed by atoms with Gasteiger partial charge >= 0.3 is 5.97 Å². The number of hydrogen-bond acceptors (Lipinski definition) is 6. The van der Waals surface area contributed by atoms with E-state index in [2.05, 4.69) is 0 Å². The van der Waals surface area contributed by atoms with E-state index < -0.39 is 16.0 Å². The molecule has 162 valence electrons. The van der Waals surface area contributed by atoms with Crippen LogP contribution in [0.2, 0.25) is 0 Å². The third kappa shape index (κ3) is 4.83. The molecule has 0 saturated carbocycles. The number of carbonyl (C=O) groups excluding carboxylic acids is 1. The van der Waals surface area contributed by atoms with E-state index in [1.54, 1.807) is 38.1 Å². The van der Waals surface area contributed by atoms with Crippen molar-refractivity contribution in [3.63, 3.8) is 0 Å². The molecule has 0 unspecified atom stereocenters. The minimum absolute atomic E-state index is 0.0825. The van der Waals surface area contributed by atoms with Crippen LogP contribution in [0, 0.1) is 6.92 Å². The van der Waals surface area contributed by atoms with Crippen LogP contribution in [0.25, 0.3) is 0 Å². The number of morpholine rings is 1. The van der Waals surface area contributed by atoms with Crippen LogP contribution >= 0.6 is 0 Å². The van der Waals surface area contributed by atoms with E-state index in [-0.39, 0.29) is 10.5 Å². The summed E-state index contributed by atoms with van der Waals surface area (Å²) in [5.74, 6) is -0.174. The molecule has 0 N–H and O–H groups in total. The summed E-state index contributed by atoms with van der Waals surface area (Å²) >= 11 is 0. The van der Waals surface area contributed by atoms with Crippen molar-refractivity contribution < 1.29 is 22.7 Å². The molecule has 0 bridgehead atoms. The monoisotopic (exact) mass is 432 g/mol. The van der Waals surface area contributed by atoms with Crippen LogP contribution in [0.1, 0.15) is 29.8 Å². The van der Waals surface area contributed by atoms with Gasteiger partial charge in [0.25, 0.3) is 0 Å². The van der Waals surface area contributed by atoms with E-state index in [9.17, 15) is 13.2 Å². The van der Waals surface area contributed by atoms with Gasteiger partial charge in [-0.1, -0.05) is 31.5 Å². The van der Waals surface area contributed by atoms with Crippen molar-refractivity contribution in [3.8, 4) is 5.75 Å². The number of aryl methyl sites for hydroxylation is 1. The smallest absolute Gasteiger partial charge is 0.345 e. The van der Waals surface area contributed by atoms with Crippen LogP contribution in [0.15, 0.2) is 47.4 Å². The lowest BCUT2D eigenvalue weighted by Crippen LogP contribution is -2.37. The van der Waals surface area contributed by atoms with Gasteiger partial charge < -0.3 is 14.4 Å². The molecule has 1 aliphatic rings. The molecule has 0 amide bonds. The first kappa shape index (κ1) is 22.3. The Labute approximate surface area is 178 Å². The van der Waals surface area contributed by atoms with Crippen LogP contribution in [0.5, 0.6) is 5.75 Å². The highest BCUT2D eigenvalue weighted by Crippen LogP contribution is 2.28.